The third-order valence-electron chi connectivity index (χ3n) is 3.08. The number of rotatable bonds is 5. The van der Waals surface area contributed by atoms with E-state index in [1.54, 1.807) is 55.7 Å². The van der Waals surface area contributed by atoms with Crippen LogP contribution in [0.15, 0.2) is 55.1 Å². The SMILES string of the molecule is C[C@H](Oc1ccc(-n2cnnn2)cc1)C(=O)Nc1ccncc1. The first-order chi connectivity index (χ1) is 11.2. The topological polar surface area (TPSA) is 94.8 Å². The second kappa shape index (κ2) is 6.65. The minimum absolute atomic E-state index is 0.235. The van der Waals surface area contributed by atoms with Crippen molar-refractivity contribution < 1.29 is 9.53 Å². The summed E-state index contributed by atoms with van der Waals surface area (Å²) in [5.74, 6) is 0.347. The molecule has 0 saturated heterocycles. The van der Waals surface area contributed by atoms with Crippen molar-refractivity contribution >= 4 is 11.6 Å². The van der Waals surface area contributed by atoms with Crippen molar-refractivity contribution in [1.82, 2.24) is 25.2 Å². The van der Waals surface area contributed by atoms with E-state index in [1.807, 2.05) is 0 Å². The van der Waals surface area contributed by atoms with Crippen LogP contribution in [0, 0.1) is 0 Å². The molecule has 116 valence electrons. The summed E-state index contributed by atoms with van der Waals surface area (Å²) in [5.41, 5.74) is 1.48. The molecule has 1 amide bonds. The smallest absolute Gasteiger partial charge is 0.265 e. The number of aromatic nitrogens is 5. The largest absolute Gasteiger partial charge is 0.481 e. The van der Waals surface area contributed by atoms with E-state index in [2.05, 4.69) is 25.8 Å². The highest BCUT2D eigenvalue weighted by Crippen LogP contribution is 2.16. The number of tetrazole rings is 1. The summed E-state index contributed by atoms with van der Waals surface area (Å²) < 4.78 is 7.16. The van der Waals surface area contributed by atoms with Gasteiger partial charge < -0.3 is 10.1 Å². The van der Waals surface area contributed by atoms with Crippen LogP contribution in [0.3, 0.4) is 0 Å². The molecule has 0 aliphatic heterocycles. The van der Waals surface area contributed by atoms with E-state index in [9.17, 15) is 4.79 Å². The van der Waals surface area contributed by atoms with E-state index >= 15 is 0 Å². The van der Waals surface area contributed by atoms with Crippen LogP contribution in [-0.4, -0.2) is 37.2 Å². The number of benzene rings is 1. The number of nitrogens with zero attached hydrogens (tertiary/aromatic N) is 5. The van der Waals surface area contributed by atoms with Gasteiger partial charge in [0.2, 0.25) is 0 Å². The lowest BCUT2D eigenvalue weighted by Crippen LogP contribution is -2.30. The number of hydrogen-bond donors (Lipinski definition) is 1. The minimum Gasteiger partial charge on any atom is -0.481 e. The van der Waals surface area contributed by atoms with Gasteiger partial charge in [0.25, 0.3) is 5.91 Å². The van der Waals surface area contributed by atoms with E-state index in [0.717, 1.165) is 5.69 Å². The van der Waals surface area contributed by atoms with E-state index < -0.39 is 6.10 Å². The molecule has 0 bridgehead atoms. The molecule has 8 heteroatoms. The Morgan fingerprint density at radius 3 is 2.57 bits per heavy atom. The molecule has 0 radical (unpaired) electrons. The molecule has 1 atom stereocenters. The summed E-state index contributed by atoms with van der Waals surface area (Å²) in [6.45, 7) is 1.69. The highest BCUT2D eigenvalue weighted by atomic mass is 16.5. The molecule has 23 heavy (non-hydrogen) atoms. The predicted octanol–water partition coefficient (Wildman–Crippen LogP) is 1.46. The maximum absolute atomic E-state index is 12.1. The average molecular weight is 310 g/mol. The number of carbonyl (C=O) groups excluding carboxylic acids is 1. The van der Waals surface area contributed by atoms with E-state index in [-0.39, 0.29) is 5.91 Å². The first-order valence-electron chi connectivity index (χ1n) is 6.93. The Morgan fingerprint density at radius 2 is 1.91 bits per heavy atom. The van der Waals surface area contributed by atoms with E-state index in [4.69, 9.17) is 4.74 Å². The van der Waals surface area contributed by atoms with Gasteiger partial charge in [0, 0.05) is 18.1 Å². The number of nitrogens with one attached hydrogen (secondary N) is 1. The van der Waals surface area contributed by atoms with Gasteiger partial charge in [0.1, 0.15) is 12.1 Å². The zero-order chi connectivity index (χ0) is 16.1. The molecule has 1 N–H and O–H groups in total. The van der Waals surface area contributed by atoms with Gasteiger partial charge in [-0.3, -0.25) is 9.78 Å². The van der Waals surface area contributed by atoms with Crippen LogP contribution in [0.4, 0.5) is 5.69 Å². The lowest BCUT2D eigenvalue weighted by molar-refractivity contribution is -0.122. The minimum atomic E-state index is -0.637. The Labute approximate surface area is 132 Å². The molecule has 0 unspecified atom stereocenters. The van der Waals surface area contributed by atoms with Crippen LogP contribution in [-0.2, 0) is 4.79 Å². The Kier molecular flexibility index (Phi) is 4.23. The zero-order valence-corrected chi connectivity index (χ0v) is 12.3. The summed E-state index contributed by atoms with van der Waals surface area (Å²) in [6.07, 6.45) is 4.08. The number of ether oxygens (including phenoxy) is 1. The predicted molar refractivity (Wildman–Crippen MR) is 82.1 cm³/mol. The summed E-state index contributed by atoms with van der Waals surface area (Å²) in [6, 6.07) is 10.6. The Morgan fingerprint density at radius 1 is 1.17 bits per heavy atom. The molecule has 8 nitrogen and oxygen atoms in total. The fourth-order valence-electron chi connectivity index (χ4n) is 1.89. The lowest BCUT2D eigenvalue weighted by atomic mass is 10.3. The molecular weight excluding hydrogens is 296 g/mol. The zero-order valence-electron chi connectivity index (χ0n) is 12.3. The van der Waals surface area contributed by atoms with Gasteiger partial charge in [0.05, 0.1) is 5.69 Å². The number of hydrogen-bond acceptors (Lipinski definition) is 6. The number of amides is 1. The quantitative estimate of drug-likeness (QED) is 0.766. The average Bonchev–Trinajstić information content (AvgIpc) is 3.11. The molecule has 0 aliphatic carbocycles. The van der Waals surface area contributed by atoms with E-state index in [0.29, 0.717) is 11.4 Å². The van der Waals surface area contributed by atoms with Gasteiger partial charge in [-0.1, -0.05) is 0 Å². The third kappa shape index (κ3) is 3.67. The summed E-state index contributed by atoms with van der Waals surface area (Å²) in [7, 11) is 0. The highest BCUT2D eigenvalue weighted by molar-refractivity contribution is 5.94. The maximum atomic E-state index is 12.1. The number of carbonyl (C=O) groups is 1. The normalized spacial score (nSPS) is 11.7. The molecule has 3 aromatic rings. The van der Waals surface area contributed by atoms with E-state index in [1.165, 1.54) is 11.0 Å². The molecule has 0 spiro atoms. The fourth-order valence-corrected chi connectivity index (χ4v) is 1.89. The van der Waals surface area contributed by atoms with Crippen LogP contribution in [0.25, 0.3) is 5.69 Å². The summed E-state index contributed by atoms with van der Waals surface area (Å²) in [4.78, 5) is 16.0. The van der Waals surface area contributed by atoms with Gasteiger partial charge in [-0.2, -0.15) is 0 Å². The van der Waals surface area contributed by atoms with Crippen LogP contribution < -0.4 is 10.1 Å². The molecule has 0 fully saturated rings. The monoisotopic (exact) mass is 310 g/mol. The van der Waals surface area contributed by atoms with Crippen molar-refractivity contribution in [3.8, 4) is 11.4 Å². The van der Waals surface area contributed by atoms with Crippen LogP contribution in [0.1, 0.15) is 6.92 Å². The molecule has 2 aromatic heterocycles. The van der Waals surface area contributed by atoms with Gasteiger partial charge in [-0.05, 0) is 53.7 Å². The van der Waals surface area contributed by atoms with Crippen LogP contribution in [0.5, 0.6) is 5.75 Å². The molecule has 0 saturated carbocycles. The molecule has 0 aliphatic rings. The van der Waals surface area contributed by atoms with Crippen molar-refractivity contribution in [2.75, 3.05) is 5.32 Å². The van der Waals surface area contributed by atoms with Crippen LogP contribution >= 0.6 is 0 Å². The molecule has 2 heterocycles. The number of anilines is 1. The van der Waals surface area contributed by atoms with Crippen LogP contribution in [0.2, 0.25) is 0 Å². The highest BCUT2D eigenvalue weighted by Gasteiger charge is 2.14. The fraction of sp³-hybridized carbons (Fsp3) is 0.133. The Balaban J connectivity index is 1.61. The second-order valence-electron chi connectivity index (χ2n) is 4.73. The second-order valence-corrected chi connectivity index (χ2v) is 4.73. The standard InChI is InChI=1S/C15H14N6O2/c1-11(15(22)18-12-6-8-16-9-7-12)23-14-4-2-13(3-5-14)21-10-17-19-20-21/h2-11H,1H3,(H,16,18,22)/t11-/m0/s1. The third-order valence-corrected chi connectivity index (χ3v) is 3.08. The molecule has 3 rings (SSSR count). The summed E-state index contributed by atoms with van der Waals surface area (Å²) >= 11 is 0. The van der Waals surface area contributed by atoms with Gasteiger partial charge >= 0.3 is 0 Å². The van der Waals surface area contributed by atoms with Crippen molar-refractivity contribution in [3.63, 3.8) is 0 Å². The Hall–Kier alpha value is -3.29. The Bertz CT molecular complexity index is 758. The first kappa shape index (κ1) is 14.6. The van der Waals surface area contributed by atoms with Crippen molar-refractivity contribution in [1.29, 1.82) is 0 Å². The number of pyridine rings is 1. The molecular formula is C15H14N6O2. The lowest BCUT2D eigenvalue weighted by Gasteiger charge is -2.15. The van der Waals surface area contributed by atoms with Gasteiger partial charge in [-0.25, -0.2) is 4.68 Å². The maximum Gasteiger partial charge on any atom is 0.265 e. The molecule has 1 aromatic carbocycles. The summed E-state index contributed by atoms with van der Waals surface area (Å²) in [5, 5.41) is 13.7. The van der Waals surface area contributed by atoms with Crippen molar-refractivity contribution in [2.24, 2.45) is 0 Å². The van der Waals surface area contributed by atoms with Gasteiger partial charge in [-0.15, -0.1) is 5.10 Å². The van der Waals surface area contributed by atoms with Crippen molar-refractivity contribution in [2.45, 2.75) is 13.0 Å². The van der Waals surface area contributed by atoms with Crippen molar-refractivity contribution in [3.05, 3.63) is 55.1 Å². The van der Waals surface area contributed by atoms with Gasteiger partial charge in [0.15, 0.2) is 6.10 Å². The first-order valence-corrected chi connectivity index (χ1v) is 6.93.